The molecule has 3 aromatic rings. The summed E-state index contributed by atoms with van der Waals surface area (Å²) in [6.45, 7) is 2.84. The Balaban J connectivity index is 0.00000341. The Kier molecular flexibility index (Phi) is 9.57. The lowest BCUT2D eigenvalue weighted by Gasteiger charge is -2.17. The Labute approximate surface area is 198 Å². The fourth-order valence-corrected chi connectivity index (χ4v) is 2.77. The van der Waals surface area contributed by atoms with Gasteiger partial charge in [0.1, 0.15) is 11.9 Å². The van der Waals surface area contributed by atoms with Crippen molar-refractivity contribution in [1.29, 1.82) is 0 Å². The van der Waals surface area contributed by atoms with Crippen molar-refractivity contribution in [3.05, 3.63) is 72.3 Å². The van der Waals surface area contributed by atoms with Crippen LogP contribution in [0, 0.1) is 5.82 Å². The number of halogens is 2. The molecule has 7 nitrogen and oxygen atoms in total. The number of nitrogens with one attached hydrogen (secondary N) is 2. The first-order chi connectivity index (χ1) is 14.6. The molecule has 0 saturated heterocycles. The molecule has 0 aliphatic carbocycles. The molecule has 0 saturated carbocycles. The molecule has 0 fully saturated rings. The van der Waals surface area contributed by atoms with Gasteiger partial charge in [-0.2, -0.15) is 5.10 Å². The number of methoxy groups -OCH3 is 1. The average molecular weight is 539 g/mol. The summed E-state index contributed by atoms with van der Waals surface area (Å²) in [5, 5.41) is 11.0. The van der Waals surface area contributed by atoms with Crippen molar-refractivity contribution in [2.24, 2.45) is 4.99 Å². The van der Waals surface area contributed by atoms with Crippen LogP contribution in [0.1, 0.15) is 12.6 Å². The van der Waals surface area contributed by atoms with Crippen LogP contribution in [0.15, 0.2) is 65.8 Å². The zero-order chi connectivity index (χ0) is 21.3. The molecule has 9 heteroatoms. The summed E-state index contributed by atoms with van der Waals surface area (Å²) < 4.78 is 26.3. The Bertz CT molecular complexity index is 978. The van der Waals surface area contributed by atoms with Crippen LogP contribution in [0.4, 0.5) is 4.39 Å². The summed E-state index contributed by atoms with van der Waals surface area (Å²) in [5.74, 6) is 1.27. The number of ether oxygens (including phenoxy) is 2. The van der Waals surface area contributed by atoms with E-state index in [2.05, 4.69) is 20.7 Å². The van der Waals surface area contributed by atoms with Crippen molar-refractivity contribution in [2.45, 2.75) is 19.6 Å². The molecule has 0 aliphatic rings. The molecule has 0 aliphatic heterocycles. The third-order valence-corrected chi connectivity index (χ3v) is 4.36. The van der Waals surface area contributed by atoms with E-state index >= 15 is 0 Å². The number of guanidine groups is 1. The van der Waals surface area contributed by atoms with Gasteiger partial charge in [-0.25, -0.2) is 9.07 Å². The first-order valence-corrected chi connectivity index (χ1v) is 9.63. The summed E-state index contributed by atoms with van der Waals surface area (Å²) in [6.07, 6.45) is 1.66. The number of hydrogen-bond donors (Lipinski definition) is 2. The van der Waals surface area contributed by atoms with Crippen molar-refractivity contribution in [3.63, 3.8) is 0 Å². The highest BCUT2D eigenvalue weighted by Crippen LogP contribution is 2.17. The average Bonchev–Trinajstić information content (AvgIpc) is 3.24. The second-order valence-corrected chi connectivity index (χ2v) is 6.62. The molecule has 0 spiro atoms. The molecule has 166 valence electrons. The fraction of sp³-hybridized carbons (Fsp3) is 0.273. The molecule has 1 aromatic heterocycles. The summed E-state index contributed by atoms with van der Waals surface area (Å²) >= 11 is 0. The van der Waals surface area contributed by atoms with E-state index in [1.54, 1.807) is 37.0 Å². The third-order valence-electron chi connectivity index (χ3n) is 4.36. The summed E-state index contributed by atoms with van der Waals surface area (Å²) in [6, 6.07) is 16.0. The molecule has 3 rings (SSSR count). The van der Waals surface area contributed by atoms with Crippen molar-refractivity contribution < 1.29 is 13.9 Å². The van der Waals surface area contributed by atoms with Crippen LogP contribution in [0.3, 0.4) is 0 Å². The van der Waals surface area contributed by atoms with Gasteiger partial charge in [0, 0.05) is 13.2 Å². The minimum atomic E-state index is -0.376. The molecule has 0 amide bonds. The van der Waals surface area contributed by atoms with Crippen molar-refractivity contribution >= 4 is 29.9 Å². The maximum absolute atomic E-state index is 13.7. The summed E-state index contributed by atoms with van der Waals surface area (Å²) in [4.78, 5) is 4.20. The molecule has 1 unspecified atom stereocenters. The third kappa shape index (κ3) is 7.12. The van der Waals surface area contributed by atoms with Crippen LogP contribution in [-0.4, -0.2) is 42.5 Å². The largest absolute Gasteiger partial charge is 0.497 e. The number of aromatic nitrogens is 2. The van der Waals surface area contributed by atoms with Crippen molar-refractivity contribution in [3.8, 4) is 17.2 Å². The van der Waals surface area contributed by atoms with Crippen LogP contribution in [0.5, 0.6) is 11.5 Å². The number of rotatable bonds is 8. The van der Waals surface area contributed by atoms with E-state index < -0.39 is 0 Å². The lowest BCUT2D eigenvalue weighted by Crippen LogP contribution is -2.41. The molecule has 0 bridgehead atoms. The van der Waals surface area contributed by atoms with Crippen LogP contribution >= 0.6 is 24.0 Å². The monoisotopic (exact) mass is 539 g/mol. The number of hydrogen-bond acceptors (Lipinski definition) is 4. The lowest BCUT2D eigenvalue weighted by atomic mass is 10.3. The first-order valence-electron chi connectivity index (χ1n) is 9.63. The molecular weight excluding hydrogens is 512 g/mol. The highest BCUT2D eigenvalue weighted by Gasteiger charge is 2.09. The minimum absolute atomic E-state index is 0. The predicted octanol–water partition coefficient (Wildman–Crippen LogP) is 3.77. The van der Waals surface area contributed by atoms with Gasteiger partial charge in [-0.05, 0) is 49.4 Å². The lowest BCUT2D eigenvalue weighted by molar-refractivity contribution is 0.214. The predicted molar refractivity (Wildman–Crippen MR) is 130 cm³/mol. The van der Waals surface area contributed by atoms with E-state index in [0.29, 0.717) is 19.0 Å². The van der Waals surface area contributed by atoms with Crippen LogP contribution in [0.25, 0.3) is 5.69 Å². The van der Waals surface area contributed by atoms with E-state index in [1.165, 1.54) is 6.07 Å². The van der Waals surface area contributed by atoms with Crippen LogP contribution in [-0.2, 0) is 6.54 Å². The number of nitrogens with zero attached hydrogens (tertiary/aromatic N) is 3. The van der Waals surface area contributed by atoms with E-state index in [1.807, 2.05) is 43.5 Å². The van der Waals surface area contributed by atoms with Gasteiger partial charge < -0.3 is 20.1 Å². The zero-order valence-electron chi connectivity index (χ0n) is 17.7. The molecule has 31 heavy (non-hydrogen) atoms. The van der Waals surface area contributed by atoms with Gasteiger partial charge in [0.15, 0.2) is 17.5 Å². The SMILES string of the molecule is CN=C(NCc1ccn(-c2ccc(OC)cc2)n1)NCC(C)Oc1ccccc1F.I. The quantitative estimate of drug-likeness (QED) is 0.259. The van der Waals surface area contributed by atoms with Gasteiger partial charge >= 0.3 is 0 Å². The van der Waals surface area contributed by atoms with E-state index in [0.717, 1.165) is 17.1 Å². The molecule has 1 atom stereocenters. The van der Waals surface area contributed by atoms with Gasteiger partial charge in [-0.15, -0.1) is 24.0 Å². The van der Waals surface area contributed by atoms with Gasteiger partial charge in [0.25, 0.3) is 0 Å². The van der Waals surface area contributed by atoms with E-state index in [-0.39, 0.29) is 41.6 Å². The zero-order valence-corrected chi connectivity index (χ0v) is 20.0. The maximum atomic E-state index is 13.7. The highest BCUT2D eigenvalue weighted by molar-refractivity contribution is 14.0. The Morgan fingerprint density at radius 3 is 2.55 bits per heavy atom. The van der Waals surface area contributed by atoms with E-state index in [4.69, 9.17) is 9.47 Å². The summed E-state index contributed by atoms with van der Waals surface area (Å²) in [5.41, 5.74) is 1.81. The number of benzene rings is 2. The van der Waals surface area contributed by atoms with Crippen molar-refractivity contribution in [2.75, 3.05) is 20.7 Å². The topological polar surface area (TPSA) is 72.7 Å². The normalized spacial score (nSPS) is 11.9. The van der Waals surface area contributed by atoms with E-state index in [9.17, 15) is 4.39 Å². The highest BCUT2D eigenvalue weighted by atomic mass is 127. The van der Waals surface area contributed by atoms with Crippen LogP contribution in [0.2, 0.25) is 0 Å². The van der Waals surface area contributed by atoms with Crippen molar-refractivity contribution in [1.82, 2.24) is 20.4 Å². The Morgan fingerprint density at radius 2 is 1.87 bits per heavy atom. The molecule has 0 radical (unpaired) electrons. The Morgan fingerprint density at radius 1 is 1.13 bits per heavy atom. The van der Waals surface area contributed by atoms with Gasteiger partial charge in [-0.1, -0.05) is 12.1 Å². The standard InChI is InChI=1S/C22H26FN5O2.HI/c1-16(30-21-7-5-4-6-20(21)23)14-25-22(24-2)26-15-17-12-13-28(27-17)18-8-10-19(29-3)11-9-18;/h4-13,16H,14-15H2,1-3H3,(H2,24,25,26);1H. The number of aliphatic imine (C=N–C) groups is 1. The molecule has 1 heterocycles. The molecule has 2 aromatic carbocycles. The second-order valence-electron chi connectivity index (χ2n) is 6.62. The van der Waals surface area contributed by atoms with Gasteiger partial charge in [-0.3, -0.25) is 4.99 Å². The molecule has 2 N–H and O–H groups in total. The minimum Gasteiger partial charge on any atom is -0.497 e. The maximum Gasteiger partial charge on any atom is 0.191 e. The first kappa shape index (κ1) is 24.4. The van der Waals surface area contributed by atoms with Gasteiger partial charge in [0.05, 0.1) is 31.6 Å². The summed E-state index contributed by atoms with van der Waals surface area (Å²) in [7, 11) is 3.33. The fourth-order valence-electron chi connectivity index (χ4n) is 2.77. The smallest absolute Gasteiger partial charge is 0.191 e. The van der Waals surface area contributed by atoms with Gasteiger partial charge in [0.2, 0.25) is 0 Å². The number of para-hydroxylation sites is 1. The Hall–Kier alpha value is -2.82. The second kappa shape index (κ2) is 12.1. The molecular formula is C22H27FIN5O2. The van der Waals surface area contributed by atoms with Crippen LogP contribution < -0.4 is 20.1 Å².